The predicted octanol–water partition coefficient (Wildman–Crippen LogP) is 3.64. The third kappa shape index (κ3) is 4.55. The number of rotatable bonds is 4. The van der Waals surface area contributed by atoms with E-state index in [1.165, 1.54) is 5.56 Å². The Labute approximate surface area is 169 Å². The lowest BCUT2D eigenvalue weighted by atomic mass is 10.2. The molecule has 2 aromatic carbocycles. The van der Waals surface area contributed by atoms with Crippen LogP contribution >= 0.6 is 11.6 Å². The summed E-state index contributed by atoms with van der Waals surface area (Å²) in [5.74, 6) is 0.0114. The zero-order chi connectivity index (χ0) is 19.3. The number of para-hydroxylation sites is 2. The highest BCUT2D eigenvalue weighted by Crippen LogP contribution is 2.14. The minimum Gasteiger partial charge on any atom is -0.337 e. The molecule has 142 valence electrons. The smallest absolute Gasteiger partial charge is 0.246 e. The average molecular weight is 393 g/mol. The van der Waals surface area contributed by atoms with Gasteiger partial charge in [0, 0.05) is 43.8 Å². The molecule has 0 radical (unpaired) electrons. The highest BCUT2D eigenvalue weighted by atomic mass is 35.5. The summed E-state index contributed by atoms with van der Waals surface area (Å²) in [5, 5.41) is 0.758. The molecule has 1 aliphatic rings. The number of hydrogen-bond acceptors (Lipinski definition) is 4. The summed E-state index contributed by atoms with van der Waals surface area (Å²) < 4.78 is 0. The summed E-state index contributed by atoms with van der Waals surface area (Å²) in [4.78, 5) is 25.6. The maximum absolute atomic E-state index is 12.5. The summed E-state index contributed by atoms with van der Waals surface area (Å²) >= 11 is 6.06. The van der Waals surface area contributed by atoms with Crippen LogP contribution in [0.15, 0.2) is 60.8 Å². The van der Waals surface area contributed by atoms with E-state index in [1.807, 2.05) is 47.4 Å². The van der Waals surface area contributed by atoms with Crippen molar-refractivity contribution in [3.8, 4) is 0 Å². The van der Waals surface area contributed by atoms with Crippen LogP contribution in [0.2, 0.25) is 5.02 Å². The van der Waals surface area contributed by atoms with E-state index in [-0.39, 0.29) is 5.91 Å². The molecule has 0 unspecified atom stereocenters. The number of benzene rings is 2. The lowest BCUT2D eigenvalue weighted by Gasteiger charge is -2.34. The molecule has 0 aliphatic carbocycles. The van der Waals surface area contributed by atoms with Crippen molar-refractivity contribution in [2.75, 3.05) is 26.2 Å². The first-order valence-electron chi connectivity index (χ1n) is 9.33. The van der Waals surface area contributed by atoms with Crippen LogP contribution in [0.4, 0.5) is 0 Å². The van der Waals surface area contributed by atoms with Gasteiger partial charge in [0.05, 0.1) is 22.9 Å². The van der Waals surface area contributed by atoms with E-state index in [0.29, 0.717) is 18.8 Å². The van der Waals surface area contributed by atoms with E-state index in [2.05, 4.69) is 20.9 Å². The Morgan fingerprint density at radius 2 is 1.82 bits per heavy atom. The van der Waals surface area contributed by atoms with E-state index < -0.39 is 0 Å². The first kappa shape index (κ1) is 18.6. The lowest BCUT2D eigenvalue weighted by molar-refractivity contribution is -0.127. The molecule has 0 bridgehead atoms. The van der Waals surface area contributed by atoms with Crippen LogP contribution in [-0.2, 0) is 11.3 Å². The van der Waals surface area contributed by atoms with Crippen molar-refractivity contribution in [2.24, 2.45) is 0 Å². The van der Waals surface area contributed by atoms with Crippen molar-refractivity contribution in [1.82, 2.24) is 19.8 Å². The molecular weight excluding hydrogens is 372 g/mol. The van der Waals surface area contributed by atoms with Crippen LogP contribution in [0.3, 0.4) is 0 Å². The van der Waals surface area contributed by atoms with E-state index in [4.69, 9.17) is 11.6 Å². The first-order chi connectivity index (χ1) is 13.7. The molecule has 1 aromatic heterocycles. The molecule has 1 fully saturated rings. The Balaban J connectivity index is 1.32. The van der Waals surface area contributed by atoms with Crippen LogP contribution < -0.4 is 0 Å². The number of carbonyl (C=O) groups excluding carboxylic acids is 1. The van der Waals surface area contributed by atoms with Crippen molar-refractivity contribution >= 4 is 34.6 Å². The number of halogens is 1. The number of fused-ring (bicyclic) bond motifs is 1. The molecule has 1 saturated heterocycles. The van der Waals surface area contributed by atoms with Crippen LogP contribution in [0.1, 0.15) is 11.3 Å². The number of amides is 1. The fraction of sp³-hybridized carbons (Fsp3) is 0.227. The molecule has 0 atom stereocenters. The minimum absolute atomic E-state index is 0.0114. The minimum atomic E-state index is 0.0114. The third-order valence-corrected chi connectivity index (χ3v) is 5.08. The van der Waals surface area contributed by atoms with Crippen LogP contribution in [-0.4, -0.2) is 51.9 Å². The number of hydrogen-bond donors (Lipinski definition) is 0. The van der Waals surface area contributed by atoms with Crippen molar-refractivity contribution < 1.29 is 4.79 Å². The van der Waals surface area contributed by atoms with Gasteiger partial charge in [-0.15, -0.1) is 0 Å². The molecule has 4 rings (SSSR count). The largest absolute Gasteiger partial charge is 0.337 e. The fourth-order valence-corrected chi connectivity index (χ4v) is 3.55. The highest BCUT2D eigenvalue weighted by Gasteiger charge is 2.19. The molecule has 0 spiro atoms. The van der Waals surface area contributed by atoms with Crippen molar-refractivity contribution in [1.29, 1.82) is 0 Å². The second-order valence-electron chi connectivity index (χ2n) is 6.85. The summed E-state index contributed by atoms with van der Waals surface area (Å²) in [6.45, 7) is 3.98. The van der Waals surface area contributed by atoms with Gasteiger partial charge in [0.15, 0.2) is 0 Å². The molecule has 6 heteroatoms. The molecule has 5 nitrogen and oxygen atoms in total. The third-order valence-electron chi connectivity index (χ3n) is 4.84. The van der Waals surface area contributed by atoms with Gasteiger partial charge in [0.1, 0.15) is 0 Å². The monoisotopic (exact) mass is 392 g/mol. The topological polar surface area (TPSA) is 49.3 Å². The van der Waals surface area contributed by atoms with Gasteiger partial charge < -0.3 is 4.90 Å². The molecule has 1 amide bonds. The predicted molar refractivity (Wildman–Crippen MR) is 112 cm³/mol. The van der Waals surface area contributed by atoms with E-state index in [0.717, 1.165) is 35.7 Å². The number of piperazine rings is 1. The Morgan fingerprint density at radius 1 is 1.04 bits per heavy atom. The molecule has 0 N–H and O–H groups in total. The van der Waals surface area contributed by atoms with Gasteiger partial charge in [0.25, 0.3) is 0 Å². The van der Waals surface area contributed by atoms with Gasteiger partial charge in [-0.2, -0.15) is 0 Å². The van der Waals surface area contributed by atoms with E-state index >= 15 is 0 Å². The van der Waals surface area contributed by atoms with Gasteiger partial charge in [-0.3, -0.25) is 14.7 Å². The van der Waals surface area contributed by atoms with Crippen molar-refractivity contribution in [2.45, 2.75) is 6.54 Å². The van der Waals surface area contributed by atoms with Crippen molar-refractivity contribution in [3.05, 3.63) is 77.1 Å². The zero-order valence-electron chi connectivity index (χ0n) is 15.5. The molecule has 2 heterocycles. The second kappa shape index (κ2) is 8.50. The Morgan fingerprint density at radius 3 is 2.61 bits per heavy atom. The molecule has 28 heavy (non-hydrogen) atoms. The normalized spacial score (nSPS) is 15.4. The quantitative estimate of drug-likeness (QED) is 0.636. The lowest BCUT2D eigenvalue weighted by Crippen LogP contribution is -2.47. The number of nitrogens with zero attached hydrogens (tertiary/aromatic N) is 4. The number of aromatic nitrogens is 2. The van der Waals surface area contributed by atoms with E-state index in [1.54, 1.807) is 18.3 Å². The summed E-state index contributed by atoms with van der Waals surface area (Å²) in [7, 11) is 0. The summed E-state index contributed by atoms with van der Waals surface area (Å²) in [5.41, 5.74) is 3.56. The zero-order valence-corrected chi connectivity index (χ0v) is 16.2. The fourth-order valence-electron chi connectivity index (χ4n) is 3.33. The van der Waals surface area contributed by atoms with Crippen molar-refractivity contribution in [3.63, 3.8) is 0 Å². The standard InChI is InChI=1S/C22H21ClN4O/c23-18-5-3-4-17(14-18)16-26-10-12-27(13-11-26)22(28)9-8-19-15-24-20-6-1-2-7-21(20)25-19/h1-9,14-15H,10-13,16H2/b9-8+. The second-order valence-corrected chi connectivity index (χ2v) is 7.28. The Bertz CT molecular complexity index is 1010. The number of carbonyl (C=O) groups is 1. The highest BCUT2D eigenvalue weighted by molar-refractivity contribution is 6.30. The van der Waals surface area contributed by atoms with Crippen LogP contribution in [0.5, 0.6) is 0 Å². The average Bonchev–Trinajstić information content (AvgIpc) is 2.72. The van der Waals surface area contributed by atoms with Gasteiger partial charge in [-0.25, -0.2) is 4.98 Å². The summed E-state index contributed by atoms with van der Waals surface area (Å²) in [6, 6.07) is 15.6. The molecular formula is C22H21ClN4O. The maximum atomic E-state index is 12.5. The first-order valence-corrected chi connectivity index (χ1v) is 9.71. The SMILES string of the molecule is O=C(/C=C/c1cnc2ccccc2n1)N1CCN(Cc2cccc(Cl)c2)CC1. The molecule has 0 saturated carbocycles. The maximum Gasteiger partial charge on any atom is 0.246 e. The van der Waals surface area contributed by atoms with Gasteiger partial charge >= 0.3 is 0 Å². The Hall–Kier alpha value is -2.76. The van der Waals surface area contributed by atoms with Gasteiger partial charge in [-0.1, -0.05) is 35.9 Å². The van der Waals surface area contributed by atoms with Crippen LogP contribution in [0, 0.1) is 0 Å². The Kier molecular flexibility index (Phi) is 5.65. The van der Waals surface area contributed by atoms with Crippen LogP contribution in [0.25, 0.3) is 17.1 Å². The van der Waals surface area contributed by atoms with Gasteiger partial charge in [-0.05, 0) is 35.9 Å². The van der Waals surface area contributed by atoms with Gasteiger partial charge in [0.2, 0.25) is 5.91 Å². The molecule has 1 aliphatic heterocycles. The van der Waals surface area contributed by atoms with E-state index in [9.17, 15) is 4.79 Å². The summed E-state index contributed by atoms with van der Waals surface area (Å²) in [6.07, 6.45) is 5.01. The molecule has 3 aromatic rings.